The predicted octanol–water partition coefficient (Wildman–Crippen LogP) is 2.13. The van der Waals surface area contributed by atoms with Gasteiger partial charge in [-0.1, -0.05) is 18.7 Å². The SMILES string of the molecule is CC[C@@H](Sc1[nH+]c(N2CCOCC2)c2c(c1C#N)CCCC2)C(=O)OC. The van der Waals surface area contributed by atoms with Crippen molar-refractivity contribution in [3.05, 3.63) is 16.7 Å². The number of nitriles is 1. The first-order valence-electron chi connectivity index (χ1n) is 9.27. The van der Waals surface area contributed by atoms with Crippen molar-refractivity contribution in [2.24, 2.45) is 0 Å². The molecule has 2 aliphatic rings. The van der Waals surface area contributed by atoms with Gasteiger partial charge in [-0.15, -0.1) is 0 Å². The highest BCUT2D eigenvalue weighted by atomic mass is 32.2. The molecule has 0 saturated carbocycles. The van der Waals surface area contributed by atoms with Crippen LogP contribution in [0.5, 0.6) is 0 Å². The number of morpholine rings is 1. The number of carbonyl (C=O) groups is 1. The van der Waals surface area contributed by atoms with Gasteiger partial charge in [0.25, 0.3) is 5.82 Å². The molecular formula is C19H26N3O3S+. The van der Waals surface area contributed by atoms with Crippen LogP contribution < -0.4 is 9.88 Å². The summed E-state index contributed by atoms with van der Waals surface area (Å²) in [4.78, 5) is 17.9. The number of H-pyrrole nitrogens is 1. The molecule has 140 valence electrons. The van der Waals surface area contributed by atoms with E-state index in [1.54, 1.807) is 0 Å². The molecule has 1 aliphatic heterocycles. The number of anilines is 1. The summed E-state index contributed by atoms with van der Waals surface area (Å²) in [7, 11) is 1.41. The highest BCUT2D eigenvalue weighted by Crippen LogP contribution is 2.35. The second kappa shape index (κ2) is 8.74. The third-order valence-corrected chi connectivity index (χ3v) is 6.40. The third-order valence-electron chi connectivity index (χ3n) is 5.05. The minimum atomic E-state index is -0.317. The van der Waals surface area contributed by atoms with Gasteiger partial charge in [-0.2, -0.15) is 5.26 Å². The summed E-state index contributed by atoms with van der Waals surface area (Å²) in [5, 5.41) is 10.3. The highest BCUT2D eigenvalue weighted by Gasteiger charge is 2.32. The average Bonchev–Trinajstić information content (AvgIpc) is 2.71. The van der Waals surface area contributed by atoms with Crippen LogP contribution in [0.25, 0.3) is 0 Å². The number of methoxy groups -OCH3 is 1. The van der Waals surface area contributed by atoms with Crippen LogP contribution >= 0.6 is 11.8 Å². The zero-order valence-electron chi connectivity index (χ0n) is 15.5. The molecule has 26 heavy (non-hydrogen) atoms. The summed E-state index contributed by atoms with van der Waals surface area (Å²) in [6, 6.07) is 2.39. The summed E-state index contributed by atoms with van der Waals surface area (Å²) in [5.41, 5.74) is 3.12. The Hall–Kier alpha value is -1.78. The predicted molar refractivity (Wildman–Crippen MR) is 99.3 cm³/mol. The second-order valence-electron chi connectivity index (χ2n) is 6.59. The van der Waals surface area contributed by atoms with Gasteiger partial charge in [0.05, 0.1) is 20.3 Å². The smallest absolute Gasteiger partial charge is 0.319 e. The van der Waals surface area contributed by atoms with Crippen molar-refractivity contribution < 1.29 is 19.3 Å². The van der Waals surface area contributed by atoms with Crippen LogP contribution in [0.15, 0.2) is 5.03 Å². The van der Waals surface area contributed by atoms with Crippen LogP contribution in [0.3, 0.4) is 0 Å². The van der Waals surface area contributed by atoms with Gasteiger partial charge >= 0.3 is 5.97 Å². The number of carbonyl (C=O) groups excluding carboxylic acids is 1. The molecule has 1 atom stereocenters. The normalized spacial score (nSPS) is 18.0. The molecule has 0 aromatic carbocycles. The number of aromatic amines is 1. The molecule has 1 aliphatic carbocycles. The minimum Gasteiger partial charge on any atom is -0.468 e. The van der Waals surface area contributed by atoms with Crippen molar-refractivity contribution in [1.82, 2.24) is 0 Å². The van der Waals surface area contributed by atoms with E-state index in [0.29, 0.717) is 25.2 Å². The summed E-state index contributed by atoms with van der Waals surface area (Å²) in [5.74, 6) is 0.852. The fourth-order valence-electron chi connectivity index (χ4n) is 3.66. The molecule has 1 aromatic heterocycles. The van der Waals surface area contributed by atoms with Gasteiger partial charge in [0.1, 0.15) is 30.0 Å². The van der Waals surface area contributed by atoms with E-state index >= 15 is 0 Å². The van der Waals surface area contributed by atoms with Gasteiger partial charge in [0.15, 0.2) is 5.03 Å². The molecule has 1 aromatic rings. The average molecular weight is 377 g/mol. The number of thioether (sulfide) groups is 1. The summed E-state index contributed by atoms with van der Waals surface area (Å²) in [6.45, 7) is 5.07. The number of pyridine rings is 1. The number of hydrogen-bond donors (Lipinski definition) is 0. The number of fused-ring (bicyclic) bond motifs is 1. The second-order valence-corrected chi connectivity index (χ2v) is 7.80. The number of rotatable bonds is 5. The number of esters is 1. The molecule has 1 saturated heterocycles. The zero-order chi connectivity index (χ0) is 18.5. The van der Waals surface area contributed by atoms with Crippen LogP contribution in [0, 0.1) is 11.3 Å². The first-order valence-corrected chi connectivity index (χ1v) is 10.2. The molecule has 0 spiro atoms. The third kappa shape index (κ3) is 3.81. The van der Waals surface area contributed by atoms with Gasteiger partial charge in [-0.05, 0) is 37.7 Å². The van der Waals surface area contributed by atoms with E-state index in [9.17, 15) is 10.1 Å². The number of nitrogens with zero attached hydrogens (tertiary/aromatic N) is 2. The van der Waals surface area contributed by atoms with Crippen molar-refractivity contribution in [3.63, 3.8) is 0 Å². The standard InChI is InChI=1S/C19H25N3O3S/c1-3-16(19(23)24-2)26-18-15(12-20)13-6-4-5-7-14(13)17(21-18)22-8-10-25-11-9-22/h16H,3-11H2,1-2H3/p+1/t16-/m1/s1. The lowest BCUT2D eigenvalue weighted by Gasteiger charge is -2.27. The molecule has 0 bridgehead atoms. The molecule has 3 rings (SSSR count). The fourth-order valence-corrected chi connectivity index (χ4v) is 4.75. The van der Waals surface area contributed by atoms with Crippen LogP contribution in [0.2, 0.25) is 0 Å². The van der Waals surface area contributed by atoms with E-state index in [-0.39, 0.29) is 11.2 Å². The molecular weight excluding hydrogens is 350 g/mol. The lowest BCUT2D eigenvalue weighted by Crippen LogP contribution is -2.41. The summed E-state index contributed by atoms with van der Waals surface area (Å²) < 4.78 is 10.4. The molecule has 7 heteroatoms. The number of ether oxygens (including phenoxy) is 2. The van der Waals surface area contributed by atoms with E-state index in [1.165, 1.54) is 24.4 Å². The summed E-state index contributed by atoms with van der Waals surface area (Å²) >= 11 is 1.41. The number of nitrogens with one attached hydrogen (secondary N) is 1. The van der Waals surface area contributed by atoms with Crippen molar-refractivity contribution in [3.8, 4) is 6.07 Å². The lowest BCUT2D eigenvalue weighted by molar-refractivity contribution is -0.414. The lowest BCUT2D eigenvalue weighted by atomic mass is 9.89. The topological polar surface area (TPSA) is 76.7 Å². The molecule has 1 fully saturated rings. The molecule has 0 amide bonds. The first kappa shape index (κ1) is 19.0. The van der Waals surface area contributed by atoms with Crippen molar-refractivity contribution in [1.29, 1.82) is 5.26 Å². The van der Waals surface area contributed by atoms with Crippen molar-refractivity contribution >= 4 is 23.5 Å². The minimum absolute atomic E-state index is 0.250. The van der Waals surface area contributed by atoms with Gasteiger partial charge < -0.3 is 9.47 Å². The van der Waals surface area contributed by atoms with E-state index in [0.717, 1.165) is 55.2 Å². The Labute approximate surface area is 158 Å². The molecule has 1 N–H and O–H groups in total. The Morgan fingerprint density at radius 1 is 1.35 bits per heavy atom. The van der Waals surface area contributed by atoms with Gasteiger partial charge in [-0.3, -0.25) is 9.69 Å². The van der Waals surface area contributed by atoms with Crippen LogP contribution in [-0.4, -0.2) is 44.6 Å². The van der Waals surface area contributed by atoms with Gasteiger partial charge in [0, 0.05) is 5.56 Å². The quantitative estimate of drug-likeness (QED) is 0.579. The van der Waals surface area contributed by atoms with Crippen molar-refractivity contribution in [2.45, 2.75) is 49.3 Å². The number of aromatic nitrogens is 1. The maximum absolute atomic E-state index is 12.1. The van der Waals surface area contributed by atoms with Crippen LogP contribution in [0.1, 0.15) is 42.9 Å². The van der Waals surface area contributed by atoms with E-state index in [1.807, 2.05) is 6.92 Å². The van der Waals surface area contributed by atoms with Crippen LogP contribution in [-0.2, 0) is 27.1 Å². The Kier molecular flexibility index (Phi) is 6.38. The number of hydrogen-bond acceptors (Lipinski definition) is 6. The molecule has 2 heterocycles. The fraction of sp³-hybridized carbons (Fsp3) is 0.632. The highest BCUT2D eigenvalue weighted by molar-refractivity contribution is 8.00. The Morgan fingerprint density at radius 3 is 2.65 bits per heavy atom. The van der Waals surface area contributed by atoms with E-state index in [4.69, 9.17) is 9.47 Å². The van der Waals surface area contributed by atoms with Gasteiger partial charge in [0.2, 0.25) is 0 Å². The molecule has 0 radical (unpaired) electrons. The maximum atomic E-state index is 12.1. The maximum Gasteiger partial charge on any atom is 0.319 e. The first-order chi connectivity index (χ1) is 12.7. The largest absolute Gasteiger partial charge is 0.468 e. The monoisotopic (exact) mass is 376 g/mol. The Morgan fingerprint density at radius 2 is 2.04 bits per heavy atom. The van der Waals surface area contributed by atoms with Crippen molar-refractivity contribution in [2.75, 3.05) is 38.3 Å². The molecule has 0 unspecified atom stereocenters. The molecule has 6 nitrogen and oxygen atoms in total. The Balaban J connectivity index is 2.05. The van der Waals surface area contributed by atoms with E-state index in [2.05, 4.69) is 16.0 Å². The van der Waals surface area contributed by atoms with E-state index < -0.39 is 0 Å². The van der Waals surface area contributed by atoms with Gasteiger partial charge in [-0.25, -0.2) is 4.98 Å². The Bertz CT molecular complexity index is 711. The zero-order valence-corrected chi connectivity index (χ0v) is 16.3. The summed E-state index contributed by atoms with van der Waals surface area (Å²) in [6.07, 6.45) is 4.82. The van der Waals surface area contributed by atoms with Crippen LogP contribution in [0.4, 0.5) is 5.82 Å².